The molecule has 26 heavy (non-hydrogen) atoms. The third-order valence-corrected chi connectivity index (χ3v) is 5.98. The van der Waals surface area contributed by atoms with Gasteiger partial charge in [-0.3, -0.25) is 0 Å². The molecule has 0 radical (unpaired) electrons. The van der Waals surface area contributed by atoms with Crippen LogP contribution in [-0.4, -0.2) is 29.2 Å². The molecule has 1 spiro atoms. The Morgan fingerprint density at radius 2 is 1.65 bits per heavy atom. The van der Waals surface area contributed by atoms with E-state index < -0.39 is 5.79 Å². The molecule has 3 unspecified atom stereocenters. The van der Waals surface area contributed by atoms with E-state index in [9.17, 15) is 10.2 Å². The predicted molar refractivity (Wildman–Crippen MR) is 94.3 cm³/mol. The lowest BCUT2D eigenvalue weighted by Gasteiger charge is -2.47. The average molecular weight is 354 g/mol. The van der Waals surface area contributed by atoms with Gasteiger partial charge in [0.15, 0.2) is 5.79 Å². The fraction of sp³-hybridized carbons (Fsp3) is 0.429. The van der Waals surface area contributed by atoms with Crippen LogP contribution in [0.1, 0.15) is 42.4 Å². The molecule has 0 aromatic heterocycles. The fourth-order valence-electron chi connectivity index (χ4n) is 4.77. The zero-order valence-corrected chi connectivity index (χ0v) is 14.4. The minimum absolute atomic E-state index is 0.0867. The second kappa shape index (κ2) is 5.89. The molecular weight excluding hydrogens is 332 g/mol. The zero-order valence-electron chi connectivity index (χ0n) is 14.4. The van der Waals surface area contributed by atoms with Crippen molar-refractivity contribution < 1.29 is 24.4 Å². The molecule has 2 aliphatic heterocycles. The summed E-state index contributed by atoms with van der Waals surface area (Å²) >= 11 is 0. The summed E-state index contributed by atoms with van der Waals surface area (Å²) in [5, 5.41) is 19.6. The number of hydrogen-bond donors (Lipinski definition) is 2. The maximum Gasteiger partial charge on any atom is 0.169 e. The van der Waals surface area contributed by atoms with E-state index >= 15 is 0 Å². The second-order valence-corrected chi connectivity index (χ2v) is 7.47. The first kappa shape index (κ1) is 16.0. The van der Waals surface area contributed by atoms with Crippen LogP contribution in [-0.2, 0) is 9.47 Å². The average Bonchev–Trinajstić information content (AvgIpc) is 3.10. The number of benzene rings is 2. The zero-order chi connectivity index (χ0) is 17.7. The summed E-state index contributed by atoms with van der Waals surface area (Å²) in [6.07, 6.45) is 2.45. The Balaban J connectivity index is 1.56. The van der Waals surface area contributed by atoms with E-state index in [0.717, 1.165) is 36.1 Å². The first-order valence-electron chi connectivity index (χ1n) is 9.20. The smallest absolute Gasteiger partial charge is 0.169 e. The van der Waals surface area contributed by atoms with Gasteiger partial charge in [-0.15, -0.1) is 0 Å². The van der Waals surface area contributed by atoms with Gasteiger partial charge in [0.1, 0.15) is 23.4 Å². The van der Waals surface area contributed by atoms with Gasteiger partial charge in [0, 0.05) is 24.3 Å². The van der Waals surface area contributed by atoms with E-state index in [1.807, 2.05) is 24.3 Å². The Morgan fingerprint density at radius 3 is 2.42 bits per heavy atom. The number of phenols is 2. The van der Waals surface area contributed by atoms with E-state index in [1.54, 1.807) is 18.2 Å². The van der Waals surface area contributed by atoms with Crippen LogP contribution in [0.4, 0.5) is 0 Å². The SMILES string of the molecule is Oc1ccc(C2Oc3ccc(O)cc3C3CC4(CCC32)OCCO4)cc1. The summed E-state index contributed by atoms with van der Waals surface area (Å²) in [5.41, 5.74) is 2.09. The normalized spacial score (nSPS) is 29.0. The molecule has 2 aromatic rings. The molecule has 1 saturated carbocycles. The van der Waals surface area contributed by atoms with Crippen molar-refractivity contribution in [1.29, 1.82) is 0 Å². The molecule has 3 atom stereocenters. The van der Waals surface area contributed by atoms with E-state index in [2.05, 4.69) is 0 Å². The number of ether oxygens (including phenoxy) is 3. The Hall–Kier alpha value is -2.24. The second-order valence-electron chi connectivity index (χ2n) is 7.47. The highest BCUT2D eigenvalue weighted by Gasteiger charge is 2.50. The molecule has 3 aliphatic rings. The van der Waals surface area contributed by atoms with Crippen molar-refractivity contribution >= 4 is 0 Å². The Morgan fingerprint density at radius 1 is 0.923 bits per heavy atom. The molecule has 2 fully saturated rings. The van der Waals surface area contributed by atoms with Gasteiger partial charge < -0.3 is 24.4 Å². The van der Waals surface area contributed by atoms with Crippen molar-refractivity contribution in [2.45, 2.75) is 37.1 Å². The molecule has 2 heterocycles. The lowest BCUT2D eigenvalue weighted by Crippen LogP contribution is -2.43. The molecule has 1 saturated heterocycles. The molecule has 1 aliphatic carbocycles. The number of aromatic hydroxyl groups is 2. The summed E-state index contributed by atoms with van der Waals surface area (Å²) < 4.78 is 18.3. The van der Waals surface area contributed by atoms with E-state index in [1.165, 1.54) is 0 Å². The fourth-order valence-corrected chi connectivity index (χ4v) is 4.77. The number of hydrogen-bond acceptors (Lipinski definition) is 5. The lowest BCUT2D eigenvalue weighted by molar-refractivity contribution is -0.193. The summed E-state index contributed by atoms with van der Waals surface area (Å²) in [6, 6.07) is 12.6. The standard InChI is InChI=1S/C21H22O5/c22-14-3-1-13(2-4-14)20-16-7-8-21(24-9-10-25-21)12-18(16)17-11-15(23)5-6-19(17)26-20/h1-6,11,16,18,20,22-23H,7-10,12H2. The Bertz CT molecular complexity index is 810. The Labute approximate surface area is 152 Å². The van der Waals surface area contributed by atoms with Gasteiger partial charge in [0.05, 0.1) is 13.2 Å². The third-order valence-electron chi connectivity index (χ3n) is 5.98. The number of rotatable bonds is 1. The van der Waals surface area contributed by atoms with Crippen LogP contribution in [0.5, 0.6) is 17.2 Å². The lowest BCUT2D eigenvalue weighted by atomic mass is 9.68. The first-order chi connectivity index (χ1) is 12.6. The van der Waals surface area contributed by atoms with Crippen LogP contribution in [0.15, 0.2) is 42.5 Å². The van der Waals surface area contributed by atoms with Crippen molar-refractivity contribution in [3.05, 3.63) is 53.6 Å². The minimum Gasteiger partial charge on any atom is -0.508 e. The molecule has 5 nitrogen and oxygen atoms in total. The summed E-state index contributed by atoms with van der Waals surface area (Å²) in [7, 11) is 0. The molecule has 136 valence electrons. The van der Waals surface area contributed by atoms with Gasteiger partial charge in [-0.2, -0.15) is 0 Å². The van der Waals surface area contributed by atoms with Crippen LogP contribution in [0, 0.1) is 5.92 Å². The molecule has 0 amide bonds. The van der Waals surface area contributed by atoms with Crippen LogP contribution < -0.4 is 4.74 Å². The van der Waals surface area contributed by atoms with Crippen LogP contribution in [0.3, 0.4) is 0 Å². The van der Waals surface area contributed by atoms with Gasteiger partial charge >= 0.3 is 0 Å². The highest BCUT2D eigenvalue weighted by atomic mass is 16.7. The number of fused-ring (bicyclic) bond motifs is 3. The van der Waals surface area contributed by atoms with Crippen molar-refractivity contribution in [1.82, 2.24) is 0 Å². The molecular formula is C21H22O5. The number of phenolic OH excluding ortho intramolecular Hbond substituents is 2. The van der Waals surface area contributed by atoms with Crippen molar-refractivity contribution in [3.8, 4) is 17.2 Å². The topological polar surface area (TPSA) is 68.2 Å². The van der Waals surface area contributed by atoms with Crippen molar-refractivity contribution in [2.75, 3.05) is 13.2 Å². The first-order valence-corrected chi connectivity index (χ1v) is 9.20. The monoisotopic (exact) mass is 354 g/mol. The maximum absolute atomic E-state index is 10.0. The van der Waals surface area contributed by atoms with Gasteiger partial charge in [-0.05, 0) is 48.2 Å². The van der Waals surface area contributed by atoms with E-state index in [-0.39, 0.29) is 29.4 Å². The van der Waals surface area contributed by atoms with Gasteiger partial charge in [-0.25, -0.2) is 0 Å². The summed E-state index contributed by atoms with van der Waals surface area (Å²) in [5.74, 6) is 1.27. The molecule has 5 rings (SSSR count). The summed E-state index contributed by atoms with van der Waals surface area (Å²) in [4.78, 5) is 0. The van der Waals surface area contributed by atoms with Gasteiger partial charge in [-0.1, -0.05) is 12.1 Å². The quantitative estimate of drug-likeness (QED) is 0.814. The van der Waals surface area contributed by atoms with Crippen LogP contribution in [0.25, 0.3) is 0 Å². The molecule has 0 bridgehead atoms. The predicted octanol–water partition coefficient (Wildman–Crippen LogP) is 3.86. The highest BCUT2D eigenvalue weighted by Crippen LogP contribution is 2.56. The van der Waals surface area contributed by atoms with E-state index in [4.69, 9.17) is 14.2 Å². The third kappa shape index (κ3) is 2.54. The van der Waals surface area contributed by atoms with Crippen molar-refractivity contribution in [2.24, 2.45) is 5.92 Å². The maximum atomic E-state index is 10.0. The molecule has 5 heteroatoms. The molecule has 2 N–H and O–H groups in total. The Kier molecular flexibility index (Phi) is 3.62. The van der Waals surface area contributed by atoms with Crippen LogP contribution in [0.2, 0.25) is 0 Å². The summed E-state index contributed by atoms with van der Waals surface area (Å²) in [6.45, 7) is 1.28. The van der Waals surface area contributed by atoms with Gasteiger partial charge in [0.25, 0.3) is 0 Å². The van der Waals surface area contributed by atoms with Crippen LogP contribution >= 0.6 is 0 Å². The van der Waals surface area contributed by atoms with E-state index in [0.29, 0.717) is 13.2 Å². The largest absolute Gasteiger partial charge is 0.508 e. The molecule has 2 aromatic carbocycles. The highest BCUT2D eigenvalue weighted by molar-refractivity contribution is 5.45. The minimum atomic E-state index is -0.499. The van der Waals surface area contributed by atoms with Crippen molar-refractivity contribution in [3.63, 3.8) is 0 Å². The van der Waals surface area contributed by atoms with Gasteiger partial charge in [0.2, 0.25) is 0 Å².